The van der Waals surface area contributed by atoms with E-state index in [1.165, 1.54) is 0 Å². The second-order valence-electron chi connectivity index (χ2n) is 4.24. The van der Waals surface area contributed by atoms with Crippen molar-refractivity contribution in [3.05, 3.63) is 28.2 Å². The van der Waals surface area contributed by atoms with Gasteiger partial charge < -0.3 is 16.4 Å². The quantitative estimate of drug-likeness (QED) is 0.714. The van der Waals surface area contributed by atoms with E-state index in [1.807, 2.05) is 0 Å². The van der Waals surface area contributed by atoms with Crippen LogP contribution in [-0.4, -0.2) is 24.4 Å². The molecule has 1 aliphatic heterocycles. The van der Waals surface area contributed by atoms with Crippen molar-refractivity contribution < 1.29 is 9.59 Å². The number of benzene rings is 1. The molecule has 4 N–H and O–H groups in total. The first-order valence-corrected chi connectivity index (χ1v) is 6.48. The smallest absolute Gasteiger partial charge is 0.253 e. The normalized spacial score (nSPS) is 19.2. The van der Waals surface area contributed by atoms with Gasteiger partial charge in [-0.1, -0.05) is 15.9 Å². The Labute approximate surface area is 113 Å². The van der Waals surface area contributed by atoms with Crippen LogP contribution in [0.5, 0.6) is 0 Å². The number of nitrogens with one attached hydrogen (secondary N) is 2. The van der Waals surface area contributed by atoms with Crippen LogP contribution in [0.4, 0.5) is 5.69 Å². The first kappa shape index (κ1) is 12.9. The maximum absolute atomic E-state index is 12.0. The highest BCUT2D eigenvalue weighted by Crippen LogP contribution is 2.18. The Morgan fingerprint density at radius 2 is 2.28 bits per heavy atom. The molecular formula is C12H14BrN3O2. The van der Waals surface area contributed by atoms with Crippen LogP contribution in [0.1, 0.15) is 23.2 Å². The van der Waals surface area contributed by atoms with Gasteiger partial charge in [0, 0.05) is 29.2 Å². The third-order valence-electron chi connectivity index (χ3n) is 2.86. The van der Waals surface area contributed by atoms with Gasteiger partial charge >= 0.3 is 0 Å². The van der Waals surface area contributed by atoms with Crippen LogP contribution in [0.25, 0.3) is 0 Å². The summed E-state index contributed by atoms with van der Waals surface area (Å²) in [7, 11) is 0. The number of rotatable bonds is 2. The van der Waals surface area contributed by atoms with Crippen molar-refractivity contribution >= 4 is 33.4 Å². The van der Waals surface area contributed by atoms with E-state index in [1.54, 1.807) is 18.2 Å². The van der Waals surface area contributed by atoms with E-state index >= 15 is 0 Å². The van der Waals surface area contributed by atoms with Gasteiger partial charge in [-0.15, -0.1) is 0 Å². The summed E-state index contributed by atoms with van der Waals surface area (Å²) in [4.78, 5) is 23.0. The highest BCUT2D eigenvalue weighted by Gasteiger charge is 2.20. The molecule has 0 aliphatic carbocycles. The highest BCUT2D eigenvalue weighted by atomic mass is 79.9. The minimum Gasteiger partial charge on any atom is -0.398 e. The van der Waals surface area contributed by atoms with Crippen LogP contribution in [0.2, 0.25) is 0 Å². The molecule has 1 saturated heterocycles. The van der Waals surface area contributed by atoms with Crippen molar-refractivity contribution in [3.63, 3.8) is 0 Å². The van der Waals surface area contributed by atoms with Crippen LogP contribution >= 0.6 is 15.9 Å². The number of carbonyl (C=O) groups is 2. The number of carbonyl (C=O) groups excluding carboxylic acids is 2. The van der Waals surface area contributed by atoms with E-state index in [0.717, 1.165) is 4.47 Å². The molecule has 2 amide bonds. The third-order valence-corrected chi connectivity index (χ3v) is 3.35. The van der Waals surface area contributed by atoms with Gasteiger partial charge in [0.2, 0.25) is 5.91 Å². The van der Waals surface area contributed by atoms with Crippen molar-refractivity contribution in [2.24, 2.45) is 0 Å². The maximum Gasteiger partial charge on any atom is 0.253 e. The topological polar surface area (TPSA) is 84.2 Å². The fraction of sp³-hybridized carbons (Fsp3) is 0.333. The molecule has 1 aliphatic rings. The van der Waals surface area contributed by atoms with E-state index in [0.29, 0.717) is 30.6 Å². The molecule has 18 heavy (non-hydrogen) atoms. The molecule has 0 spiro atoms. The summed E-state index contributed by atoms with van der Waals surface area (Å²) in [6, 6.07) is 5.11. The van der Waals surface area contributed by atoms with Crippen LogP contribution in [0.3, 0.4) is 0 Å². The average molecular weight is 312 g/mol. The monoisotopic (exact) mass is 311 g/mol. The average Bonchev–Trinajstić information content (AvgIpc) is 2.32. The number of hydrogen-bond acceptors (Lipinski definition) is 3. The predicted molar refractivity (Wildman–Crippen MR) is 72.1 cm³/mol. The Balaban J connectivity index is 2.01. The zero-order valence-electron chi connectivity index (χ0n) is 9.70. The predicted octanol–water partition coefficient (Wildman–Crippen LogP) is 1.04. The lowest BCUT2D eigenvalue weighted by Crippen LogP contribution is -2.47. The summed E-state index contributed by atoms with van der Waals surface area (Å²) in [5.41, 5.74) is 6.67. The van der Waals surface area contributed by atoms with Crippen molar-refractivity contribution in [2.75, 3.05) is 12.3 Å². The van der Waals surface area contributed by atoms with Gasteiger partial charge in [-0.2, -0.15) is 0 Å². The first-order chi connectivity index (χ1) is 8.56. The Morgan fingerprint density at radius 1 is 1.50 bits per heavy atom. The zero-order valence-corrected chi connectivity index (χ0v) is 11.3. The molecule has 1 atom stereocenters. The van der Waals surface area contributed by atoms with Gasteiger partial charge in [0.05, 0.1) is 5.56 Å². The largest absolute Gasteiger partial charge is 0.398 e. The van der Waals surface area contributed by atoms with Gasteiger partial charge in [0.15, 0.2) is 0 Å². The fourth-order valence-electron chi connectivity index (χ4n) is 1.86. The van der Waals surface area contributed by atoms with Crippen molar-refractivity contribution in [3.8, 4) is 0 Å². The number of nitrogens with two attached hydrogens (primary N) is 1. The first-order valence-electron chi connectivity index (χ1n) is 5.69. The van der Waals surface area contributed by atoms with E-state index in [2.05, 4.69) is 26.6 Å². The zero-order chi connectivity index (χ0) is 13.1. The minimum absolute atomic E-state index is 0.0294. The number of nitrogen functional groups attached to an aromatic ring is 1. The van der Waals surface area contributed by atoms with Crippen molar-refractivity contribution in [2.45, 2.75) is 18.9 Å². The van der Waals surface area contributed by atoms with Crippen LogP contribution < -0.4 is 16.4 Å². The van der Waals surface area contributed by atoms with E-state index in [4.69, 9.17) is 5.73 Å². The van der Waals surface area contributed by atoms with Gasteiger partial charge in [-0.25, -0.2) is 0 Å². The summed E-state index contributed by atoms with van der Waals surface area (Å²) >= 11 is 3.29. The molecule has 0 bridgehead atoms. The highest BCUT2D eigenvalue weighted by molar-refractivity contribution is 9.10. The molecule has 6 heteroatoms. The Kier molecular flexibility index (Phi) is 3.86. The molecule has 1 aromatic rings. The molecule has 1 heterocycles. The summed E-state index contributed by atoms with van der Waals surface area (Å²) in [5.74, 6) is -0.176. The third kappa shape index (κ3) is 3.01. The summed E-state index contributed by atoms with van der Waals surface area (Å²) in [6.07, 6.45) is 1.11. The second-order valence-corrected chi connectivity index (χ2v) is 5.16. The number of amides is 2. The molecule has 1 aromatic carbocycles. The molecule has 0 aromatic heterocycles. The molecule has 5 nitrogen and oxygen atoms in total. The Morgan fingerprint density at radius 3 is 2.89 bits per heavy atom. The lowest BCUT2D eigenvalue weighted by molar-refractivity contribution is -0.122. The minimum atomic E-state index is -0.207. The van der Waals surface area contributed by atoms with Crippen LogP contribution in [-0.2, 0) is 4.79 Å². The summed E-state index contributed by atoms with van der Waals surface area (Å²) in [5, 5.41) is 5.59. The van der Waals surface area contributed by atoms with E-state index in [-0.39, 0.29) is 17.9 Å². The number of halogens is 1. The summed E-state index contributed by atoms with van der Waals surface area (Å²) in [6.45, 7) is 0.473. The Hall–Kier alpha value is -1.56. The fourth-order valence-corrected chi connectivity index (χ4v) is 2.24. The van der Waals surface area contributed by atoms with Crippen molar-refractivity contribution in [1.29, 1.82) is 0 Å². The van der Waals surface area contributed by atoms with Gasteiger partial charge in [0.1, 0.15) is 0 Å². The van der Waals surface area contributed by atoms with Crippen LogP contribution in [0, 0.1) is 0 Å². The molecule has 2 rings (SSSR count). The summed E-state index contributed by atoms with van der Waals surface area (Å²) < 4.78 is 0.835. The molecule has 0 saturated carbocycles. The molecule has 1 fully saturated rings. The van der Waals surface area contributed by atoms with Gasteiger partial charge in [-0.3, -0.25) is 9.59 Å². The number of piperidine rings is 1. The lowest BCUT2D eigenvalue weighted by Gasteiger charge is -2.23. The Bertz CT molecular complexity index is 480. The second kappa shape index (κ2) is 5.39. The number of anilines is 1. The molecule has 0 radical (unpaired) electrons. The standard InChI is InChI=1S/C12H14BrN3O2/c13-7-1-3-9(10(14)5-7)12(18)16-8-2-4-11(17)15-6-8/h1,3,5,8H,2,4,6,14H2,(H,15,17)(H,16,18). The molecule has 96 valence electrons. The maximum atomic E-state index is 12.0. The molecular weight excluding hydrogens is 298 g/mol. The van der Waals surface area contributed by atoms with Gasteiger partial charge in [-0.05, 0) is 24.6 Å². The van der Waals surface area contributed by atoms with E-state index in [9.17, 15) is 9.59 Å². The van der Waals surface area contributed by atoms with Crippen molar-refractivity contribution in [1.82, 2.24) is 10.6 Å². The van der Waals surface area contributed by atoms with Gasteiger partial charge in [0.25, 0.3) is 5.91 Å². The SMILES string of the molecule is Nc1cc(Br)ccc1C(=O)NC1CCC(=O)NC1. The molecule has 1 unspecified atom stereocenters. The van der Waals surface area contributed by atoms with Crippen LogP contribution in [0.15, 0.2) is 22.7 Å². The number of hydrogen-bond donors (Lipinski definition) is 3. The lowest BCUT2D eigenvalue weighted by atomic mass is 10.1. The van der Waals surface area contributed by atoms with E-state index < -0.39 is 0 Å².